The number of aryl methyl sites for hydroxylation is 1. The van der Waals surface area contributed by atoms with E-state index in [2.05, 4.69) is 58.6 Å². The number of amides is 1. The van der Waals surface area contributed by atoms with Gasteiger partial charge in [-0.15, -0.1) is 0 Å². The summed E-state index contributed by atoms with van der Waals surface area (Å²) in [6, 6.07) is 12.5. The molecule has 0 unspecified atom stereocenters. The zero-order chi connectivity index (χ0) is 19.3. The van der Waals surface area contributed by atoms with Crippen molar-refractivity contribution in [1.29, 1.82) is 0 Å². The van der Waals surface area contributed by atoms with Gasteiger partial charge in [-0.25, -0.2) is 9.37 Å². The minimum atomic E-state index is -1.00. The predicted molar refractivity (Wildman–Crippen MR) is 112 cm³/mol. The number of benzene rings is 2. The van der Waals surface area contributed by atoms with Crippen LogP contribution < -0.4 is 5.32 Å². The molecule has 140 valence electrons. The van der Waals surface area contributed by atoms with Crippen LogP contribution in [0.4, 0.5) is 9.52 Å². The minimum absolute atomic E-state index is 0.277. The smallest absolute Gasteiger partial charge is 0.232 e. The number of aromatic nitrogens is 1. The number of alkyl halides is 1. The van der Waals surface area contributed by atoms with Gasteiger partial charge in [0.05, 0.1) is 28.4 Å². The lowest BCUT2D eigenvalue weighted by Gasteiger charge is -2.09. The lowest BCUT2D eigenvalue weighted by atomic mass is 9.96. The summed E-state index contributed by atoms with van der Waals surface area (Å²) in [7, 11) is 0. The van der Waals surface area contributed by atoms with Gasteiger partial charge in [0.15, 0.2) is 5.13 Å². The highest BCUT2D eigenvalue weighted by Crippen LogP contribution is 2.36. The van der Waals surface area contributed by atoms with Gasteiger partial charge in [0, 0.05) is 5.56 Å². The topological polar surface area (TPSA) is 54.4 Å². The van der Waals surface area contributed by atoms with Gasteiger partial charge < -0.3 is 5.32 Å². The summed E-state index contributed by atoms with van der Waals surface area (Å²) in [5.74, 6) is -0.791. The first-order valence-electron chi connectivity index (χ1n) is 9.26. The Kier molecular flexibility index (Phi) is 4.09. The van der Waals surface area contributed by atoms with Gasteiger partial charge in [-0.1, -0.05) is 35.6 Å². The Bertz CT molecular complexity index is 1160. The standard InChI is InChI=1S/C22H18FN3OS/c1-12-4-5-14(18-3-2-8-24-18)9-15(12)13-6-7-19-20(10-13)28-22(25-19)26-21(27)16-11-17(16)23/h2-7,9-10,16-17H,8,11H2,1H3,(H,25,26,27)/t16-,17+/m1/s1. The third-order valence-electron chi connectivity index (χ3n) is 5.16. The second kappa shape index (κ2) is 6.63. The fraction of sp³-hybridized carbons (Fsp3) is 0.227. The molecule has 4 nitrogen and oxygen atoms in total. The summed E-state index contributed by atoms with van der Waals surface area (Å²) in [4.78, 5) is 20.9. The summed E-state index contributed by atoms with van der Waals surface area (Å²) in [5, 5.41) is 3.27. The summed E-state index contributed by atoms with van der Waals surface area (Å²) in [6.07, 6.45) is 3.42. The van der Waals surface area contributed by atoms with Crippen molar-refractivity contribution in [3.05, 3.63) is 59.7 Å². The number of aliphatic imine (C=N–C) groups is 1. The number of fused-ring (bicyclic) bond motifs is 1. The van der Waals surface area contributed by atoms with Crippen molar-refractivity contribution in [2.75, 3.05) is 11.9 Å². The van der Waals surface area contributed by atoms with Gasteiger partial charge in [0.1, 0.15) is 6.17 Å². The average Bonchev–Trinajstić information content (AvgIpc) is 3.09. The van der Waals surface area contributed by atoms with Crippen LogP contribution in [0.2, 0.25) is 0 Å². The number of anilines is 1. The Morgan fingerprint density at radius 1 is 1.21 bits per heavy atom. The van der Waals surface area contributed by atoms with Crippen LogP contribution in [0.25, 0.3) is 21.3 Å². The summed E-state index contributed by atoms with van der Waals surface area (Å²) in [5.41, 5.74) is 6.38. The molecule has 0 radical (unpaired) electrons. The van der Waals surface area contributed by atoms with E-state index in [9.17, 15) is 9.18 Å². The van der Waals surface area contributed by atoms with Crippen molar-refractivity contribution >= 4 is 38.3 Å². The van der Waals surface area contributed by atoms with E-state index in [0.717, 1.165) is 39.2 Å². The number of nitrogens with one attached hydrogen (secondary N) is 1. The molecule has 2 atom stereocenters. The van der Waals surface area contributed by atoms with Crippen molar-refractivity contribution in [2.45, 2.75) is 19.5 Å². The lowest BCUT2D eigenvalue weighted by molar-refractivity contribution is -0.117. The first kappa shape index (κ1) is 17.3. The molecule has 28 heavy (non-hydrogen) atoms. The normalized spacial score (nSPS) is 20.4. The van der Waals surface area contributed by atoms with E-state index in [1.165, 1.54) is 16.9 Å². The molecule has 1 aliphatic heterocycles. The lowest BCUT2D eigenvalue weighted by Crippen LogP contribution is -2.14. The molecule has 0 spiro atoms. The van der Waals surface area contributed by atoms with Crippen molar-refractivity contribution in [3.8, 4) is 11.1 Å². The Morgan fingerprint density at radius 2 is 2.04 bits per heavy atom. The van der Waals surface area contributed by atoms with E-state index in [0.29, 0.717) is 11.6 Å². The van der Waals surface area contributed by atoms with E-state index < -0.39 is 12.1 Å². The second-order valence-corrected chi connectivity index (χ2v) is 8.24. The van der Waals surface area contributed by atoms with Crippen molar-refractivity contribution < 1.29 is 9.18 Å². The van der Waals surface area contributed by atoms with Gasteiger partial charge in [-0.05, 0) is 54.3 Å². The number of carbonyl (C=O) groups excluding carboxylic acids is 1. The summed E-state index contributed by atoms with van der Waals surface area (Å²) < 4.78 is 14.1. The van der Waals surface area contributed by atoms with Crippen molar-refractivity contribution in [1.82, 2.24) is 4.98 Å². The van der Waals surface area contributed by atoms with Crippen LogP contribution in [0.3, 0.4) is 0 Å². The van der Waals surface area contributed by atoms with Crippen LogP contribution in [0.5, 0.6) is 0 Å². The van der Waals surface area contributed by atoms with Crippen LogP contribution in [0.1, 0.15) is 17.5 Å². The number of hydrogen-bond acceptors (Lipinski definition) is 4. The van der Waals surface area contributed by atoms with E-state index in [1.54, 1.807) is 0 Å². The number of carbonyl (C=O) groups is 1. The maximum absolute atomic E-state index is 13.1. The van der Waals surface area contributed by atoms with E-state index in [-0.39, 0.29) is 5.91 Å². The predicted octanol–water partition coefficient (Wildman–Crippen LogP) is 4.93. The molecule has 2 heterocycles. The Balaban J connectivity index is 1.47. The molecule has 0 bridgehead atoms. The summed E-state index contributed by atoms with van der Waals surface area (Å²) in [6.45, 7) is 2.83. The molecule has 1 saturated carbocycles. The first-order chi connectivity index (χ1) is 13.6. The number of allylic oxidation sites excluding steroid dienone is 1. The third kappa shape index (κ3) is 3.14. The molecule has 1 aromatic heterocycles. The molecule has 1 amide bonds. The molecule has 6 heteroatoms. The molecule has 1 aliphatic carbocycles. The Morgan fingerprint density at radius 3 is 2.79 bits per heavy atom. The molecule has 1 fully saturated rings. The van der Waals surface area contributed by atoms with Crippen LogP contribution in [0, 0.1) is 12.8 Å². The molecule has 5 rings (SSSR count). The molecular formula is C22H18FN3OS. The summed E-state index contributed by atoms with van der Waals surface area (Å²) >= 11 is 1.42. The quantitative estimate of drug-likeness (QED) is 0.686. The highest BCUT2D eigenvalue weighted by molar-refractivity contribution is 7.22. The van der Waals surface area contributed by atoms with E-state index >= 15 is 0 Å². The van der Waals surface area contributed by atoms with Crippen molar-refractivity contribution in [2.24, 2.45) is 10.9 Å². The average molecular weight is 391 g/mol. The van der Waals surface area contributed by atoms with Gasteiger partial charge in [-0.2, -0.15) is 0 Å². The largest absolute Gasteiger partial charge is 0.302 e. The van der Waals surface area contributed by atoms with Crippen LogP contribution in [-0.4, -0.2) is 29.3 Å². The molecule has 1 N–H and O–H groups in total. The monoisotopic (exact) mass is 391 g/mol. The van der Waals surface area contributed by atoms with E-state index in [4.69, 9.17) is 0 Å². The number of hydrogen-bond donors (Lipinski definition) is 1. The maximum Gasteiger partial charge on any atom is 0.232 e. The molecule has 2 aliphatic rings. The van der Waals surface area contributed by atoms with E-state index in [1.807, 2.05) is 12.1 Å². The molecular weight excluding hydrogens is 373 g/mol. The van der Waals surface area contributed by atoms with Gasteiger partial charge >= 0.3 is 0 Å². The maximum atomic E-state index is 13.1. The number of nitrogens with zero attached hydrogens (tertiary/aromatic N) is 2. The zero-order valence-electron chi connectivity index (χ0n) is 15.3. The van der Waals surface area contributed by atoms with Crippen LogP contribution >= 0.6 is 11.3 Å². The zero-order valence-corrected chi connectivity index (χ0v) is 16.1. The fourth-order valence-corrected chi connectivity index (χ4v) is 4.34. The SMILES string of the molecule is Cc1ccc(C2=NCC=C2)cc1-c1ccc2nc(NC(=O)[C@@H]3C[C@@H]3F)sc2c1. The van der Waals surface area contributed by atoms with Crippen LogP contribution in [-0.2, 0) is 4.79 Å². The first-order valence-corrected chi connectivity index (χ1v) is 10.1. The molecule has 2 aromatic carbocycles. The highest BCUT2D eigenvalue weighted by atomic mass is 32.1. The van der Waals surface area contributed by atoms with Crippen LogP contribution in [0.15, 0.2) is 53.5 Å². The van der Waals surface area contributed by atoms with Crippen molar-refractivity contribution in [3.63, 3.8) is 0 Å². The van der Waals surface area contributed by atoms with Gasteiger partial charge in [0.25, 0.3) is 0 Å². The van der Waals surface area contributed by atoms with Gasteiger partial charge in [0.2, 0.25) is 5.91 Å². The molecule has 0 saturated heterocycles. The number of halogens is 1. The number of thiazole rings is 1. The molecule has 3 aromatic rings. The minimum Gasteiger partial charge on any atom is -0.302 e. The Hall–Kier alpha value is -2.86. The highest BCUT2D eigenvalue weighted by Gasteiger charge is 2.43. The third-order valence-corrected chi connectivity index (χ3v) is 6.09. The fourth-order valence-electron chi connectivity index (χ4n) is 3.43. The number of rotatable bonds is 4. The van der Waals surface area contributed by atoms with Gasteiger partial charge in [-0.3, -0.25) is 9.79 Å². The second-order valence-electron chi connectivity index (χ2n) is 7.21. The Labute approximate surface area is 165 Å².